The molecule has 2 aliphatic heterocycles. The average Bonchev–Trinajstić information content (AvgIpc) is 4.11. The second-order valence-corrected chi connectivity index (χ2v) is 15.7. The van der Waals surface area contributed by atoms with Crippen LogP contribution in [0.1, 0.15) is 92.9 Å². The molecule has 4 aromatic rings. The van der Waals surface area contributed by atoms with E-state index in [-0.39, 0.29) is 60.8 Å². The Kier molecular flexibility index (Phi) is 13.8. The lowest BCUT2D eigenvalue weighted by Crippen LogP contribution is -2.34. The molecule has 2 atom stereocenters. The highest BCUT2D eigenvalue weighted by Crippen LogP contribution is 2.38. The van der Waals surface area contributed by atoms with Gasteiger partial charge in [0, 0.05) is 50.0 Å². The lowest BCUT2D eigenvalue weighted by molar-refractivity contribution is -0.131. The Morgan fingerprint density at radius 2 is 1.20 bits per heavy atom. The van der Waals surface area contributed by atoms with E-state index in [4.69, 9.17) is 23.5 Å². The van der Waals surface area contributed by atoms with Gasteiger partial charge in [-0.25, -0.2) is 9.97 Å². The van der Waals surface area contributed by atoms with Gasteiger partial charge < -0.3 is 43.9 Å². The number of rotatable bonds is 14. The minimum atomic E-state index is -0.294. The molecule has 2 saturated carbocycles. The zero-order valence-corrected chi connectivity index (χ0v) is 34.4. The van der Waals surface area contributed by atoms with Gasteiger partial charge >= 0.3 is 0 Å². The van der Waals surface area contributed by atoms with Gasteiger partial charge in [0.25, 0.3) is 0 Å². The molecule has 4 heterocycles. The van der Waals surface area contributed by atoms with E-state index in [1.807, 2.05) is 36.4 Å². The van der Waals surface area contributed by atoms with E-state index in [2.05, 4.69) is 25.8 Å². The third kappa shape index (κ3) is 10.9. The summed E-state index contributed by atoms with van der Waals surface area (Å²) in [6.07, 6.45) is 13.1. The number of ether oxygens (including phenoxy) is 4. The molecule has 2 unspecified atom stereocenters. The van der Waals surface area contributed by atoms with Crippen molar-refractivity contribution in [1.29, 1.82) is 0 Å². The summed E-state index contributed by atoms with van der Waals surface area (Å²) in [5, 5.41) is 9.09. The molecule has 2 aliphatic carbocycles. The van der Waals surface area contributed by atoms with Gasteiger partial charge in [0.1, 0.15) is 17.9 Å². The molecule has 4 fully saturated rings. The Hall–Kier alpha value is -6.19. The third-order valence-corrected chi connectivity index (χ3v) is 11.4. The molecule has 2 N–H and O–H groups in total. The molecule has 16 nitrogen and oxygen atoms in total. The highest BCUT2D eigenvalue weighted by Gasteiger charge is 2.34. The van der Waals surface area contributed by atoms with E-state index in [1.165, 1.54) is 32.0 Å². The predicted octanol–water partition coefficient (Wildman–Crippen LogP) is 6.03. The van der Waals surface area contributed by atoms with Gasteiger partial charge in [-0.05, 0) is 99.7 Å². The number of nitrogens with one attached hydrogen (secondary N) is 2. The number of methoxy groups -OCH3 is 2. The van der Waals surface area contributed by atoms with Crippen molar-refractivity contribution >= 4 is 35.3 Å². The number of carbonyl (C=O) groups excluding carboxylic acids is 4. The number of aryl methyl sites for hydroxylation is 1. The van der Waals surface area contributed by atoms with Crippen molar-refractivity contribution in [2.75, 3.05) is 51.0 Å². The van der Waals surface area contributed by atoms with Crippen LogP contribution in [0, 0.1) is 6.92 Å². The van der Waals surface area contributed by atoms with Crippen LogP contribution >= 0.6 is 0 Å². The molecule has 4 amide bonds. The fraction of sp³-hybridized carbons (Fsp3) is 0.477. The van der Waals surface area contributed by atoms with E-state index < -0.39 is 0 Å². The molecule has 318 valence electrons. The average molecular weight is 824 g/mol. The molecular weight excluding hydrogens is 771 g/mol. The molecule has 0 radical (unpaired) electrons. The Morgan fingerprint density at radius 1 is 0.700 bits per heavy atom. The van der Waals surface area contributed by atoms with Crippen LogP contribution in [0.4, 0.5) is 11.6 Å². The first-order valence-electron chi connectivity index (χ1n) is 20.7. The maximum atomic E-state index is 12.5. The van der Waals surface area contributed by atoms with Crippen LogP contribution in [0.15, 0.2) is 65.6 Å². The minimum Gasteiger partial charge on any atom is -0.493 e. The highest BCUT2D eigenvalue weighted by atomic mass is 16.5. The van der Waals surface area contributed by atoms with E-state index >= 15 is 0 Å². The fourth-order valence-corrected chi connectivity index (χ4v) is 8.25. The monoisotopic (exact) mass is 823 g/mol. The number of aromatic nitrogens is 3. The topological polar surface area (TPSA) is 188 Å². The Balaban J connectivity index is 0.000000181. The zero-order chi connectivity index (χ0) is 42.0. The number of anilines is 2. The summed E-state index contributed by atoms with van der Waals surface area (Å²) in [5.74, 6) is 3.63. The molecule has 2 aromatic heterocycles. The summed E-state index contributed by atoms with van der Waals surface area (Å²) in [6.45, 7) is 2.71. The van der Waals surface area contributed by atoms with Gasteiger partial charge in [-0.15, -0.1) is 0 Å². The van der Waals surface area contributed by atoms with Gasteiger partial charge in [0.15, 0.2) is 28.8 Å². The number of benzene rings is 2. The number of amides is 4. The molecule has 2 saturated heterocycles. The zero-order valence-electron chi connectivity index (χ0n) is 34.4. The molecular formula is C44H53N7O9. The molecule has 16 heteroatoms. The minimum absolute atomic E-state index is 0.000915. The number of likely N-dealkylation sites (tertiary alicyclic amines) is 2. The first-order chi connectivity index (χ1) is 29.1. The highest BCUT2D eigenvalue weighted by molar-refractivity contribution is 5.95. The first-order valence-corrected chi connectivity index (χ1v) is 20.7. The van der Waals surface area contributed by atoms with E-state index in [1.54, 1.807) is 49.3 Å². The second-order valence-electron chi connectivity index (χ2n) is 15.7. The summed E-state index contributed by atoms with van der Waals surface area (Å²) in [7, 11) is 3.26. The van der Waals surface area contributed by atoms with Gasteiger partial charge in [-0.1, -0.05) is 17.3 Å². The molecule has 0 bridgehead atoms. The number of hydrogen-bond donors (Lipinski definition) is 2. The van der Waals surface area contributed by atoms with Crippen LogP contribution in [-0.4, -0.2) is 101 Å². The maximum Gasteiger partial charge on any atom is 0.245 e. The van der Waals surface area contributed by atoms with Crippen LogP contribution in [-0.2, 0) is 19.2 Å². The van der Waals surface area contributed by atoms with Crippen LogP contribution < -0.4 is 29.6 Å². The molecule has 0 spiro atoms. The van der Waals surface area contributed by atoms with Crippen molar-refractivity contribution in [3.8, 4) is 23.0 Å². The molecule has 2 aromatic carbocycles. The fourth-order valence-electron chi connectivity index (χ4n) is 8.25. The lowest BCUT2D eigenvalue weighted by atomic mass is 9.98. The van der Waals surface area contributed by atoms with Crippen molar-refractivity contribution < 1.29 is 42.6 Å². The van der Waals surface area contributed by atoms with Gasteiger partial charge in [-0.2, -0.15) is 0 Å². The summed E-state index contributed by atoms with van der Waals surface area (Å²) in [5.41, 5.74) is 2.04. The van der Waals surface area contributed by atoms with Crippen molar-refractivity contribution in [3.05, 3.63) is 77.9 Å². The second kappa shape index (κ2) is 19.7. The van der Waals surface area contributed by atoms with Gasteiger partial charge in [-0.3, -0.25) is 19.2 Å². The van der Waals surface area contributed by atoms with Gasteiger partial charge in [0.05, 0.1) is 39.5 Å². The molecule has 60 heavy (non-hydrogen) atoms. The van der Waals surface area contributed by atoms with Crippen molar-refractivity contribution in [3.63, 3.8) is 0 Å². The SMILES string of the molecule is COc1ccc(C2CC(=O)N(CC(=O)Nc3cc(C)on3)C2)cc1OC1CCCC1.COc1ccc(C2CC(=O)N(CC(=O)Nc3ccncn3)C2)cc1OC1CCCC1. The van der Waals surface area contributed by atoms with Crippen molar-refractivity contribution in [2.45, 2.75) is 95.2 Å². The van der Waals surface area contributed by atoms with Crippen LogP contribution in [0.2, 0.25) is 0 Å². The predicted molar refractivity (Wildman–Crippen MR) is 220 cm³/mol. The number of nitrogens with zero attached hydrogens (tertiary/aromatic N) is 5. The quantitative estimate of drug-likeness (QED) is 0.151. The van der Waals surface area contributed by atoms with Gasteiger partial charge in [0.2, 0.25) is 23.6 Å². The maximum absolute atomic E-state index is 12.5. The Bertz CT molecular complexity index is 2120. The van der Waals surface area contributed by atoms with Crippen LogP contribution in [0.5, 0.6) is 23.0 Å². The summed E-state index contributed by atoms with van der Waals surface area (Å²) in [4.78, 5) is 60.5. The van der Waals surface area contributed by atoms with Crippen LogP contribution in [0.25, 0.3) is 0 Å². The van der Waals surface area contributed by atoms with Crippen molar-refractivity contribution in [1.82, 2.24) is 24.9 Å². The van der Waals surface area contributed by atoms with Crippen LogP contribution in [0.3, 0.4) is 0 Å². The van der Waals surface area contributed by atoms with E-state index in [0.717, 1.165) is 48.3 Å². The summed E-state index contributed by atoms with van der Waals surface area (Å²) >= 11 is 0. The molecule has 4 aliphatic rings. The van der Waals surface area contributed by atoms with E-state index in [9.17, 15) is 19.2 Å². The number of hydrogen-bond acceptors (Lipinski definition) is 12. The molecule has 8 rings (SSSR count). The van der Waals surface area contributed by atoms with Crippen molar-refractivity contribution in [2.24, 2.45) is 0 Å². The standard InChI is InChI=1S/C22H26N4O4.C22H27N3O5/c1-29-18-7-6-15(10-19(18)30-17-4-2-3-5-17)16-11-22(28)26(12-16)13-21(27)25-20-8-9-23-14-24-20;1-14-9-20(24-30-14)23-21(26)13-25-12-16(11-22(25)27)15-7-8-18(28-2)19(10-15)29-17-5-3-4-6-17/h6-10,14,16-17H,2-5,11-13H2,1H3,(H,23,24,25,27);7-10,16-17H,3-6,11-13H2,1-2H3,(H,23,24,26). The smallest absolute Gasteiger partial charge is 0.245 e. The Labute approximate surface area is 349 Å². The lowest BCUT2D eigenvalue weighted by Gasteiger charge is -2.19. The summed E-state index contributed by atoms with van der Waals surface area (Å²) in [6, 6.07) is 14.9. The van der Waals surface area contributed by atoms with E-state index in [0.29, 0.717) is 54.8 Å². The third-order valence-electron chi connectivity index (χ3n) is 11.4. The summed E-state index contributed by atoms with van der Waals surface area (Å²) < 4.78 is 28.2. The number of carbonyl (C=O) groups is 4. The Morgan fingerprint density at radius 3 is 1.63 bits per heavy atom. The normalized spacial score (nSPS) is 19.2. The largest absolute Gasteiger partial charge is 0.493 e. The first kappa shape index (κ1) is 42.0.